The molecule has 28 heavy (non-hydrogen) atoms. The number of hydrogen-bond donors (Lipinski definition) is 1. The maximum Gasteiger partial charge on any atom is 0.0108 e. The van der Waals surface area contributed by atoms with E-state index in [0.29, 0.717) is 12.0 Å². The second-order valence-electron chi connectivity index (χ2n) is 7.68. The molecule has 1 aliphatic carbocycles. The van der Waals surface area contributed by atoms with E-state index in [1.165, 1.54) is 36.0 Å². The Kier molecular flexibility index (Phi) is 7.71. The molecule has 0 spiro atoms. The number of aryl methyl sites for hydroxylation is 1. The SMILES string of the molecule is Cl.c1ccc(C(CCNC2CCCc3ccccc3C2)c2ccccc2)cc1. The van der Waals surface area contributed by atoms with Gasteiger partial charge in [-0.3, -0.25) is 0 Å². The topological polar surface area (TPSA) is 12.0 Å². The first-order valence-electron chi connectivity index (χ1n) is 10.3. The fourth-order valence-electron chi connectivity index (χ4n) is 4.41. The van der Waals surface area contributed by atoms with Gasteiger partial charge in [0, 0.05) is 12.0 Å². The molecule has 0 radical (unpaired) electrons. The smallest absolute Gasteiger partial charge is 0.0108 e. The molecule has 0 fully saturated rings. The standard InChI is InChI=1S/C26H29N.ClH/c1-3-11-22(12-4-1)26(23-13-5-2-6-14-23)18-19-27-25-17-9-16-21-10-7-8-15-24(21)20-25;/h1-8,10-15,25-27H,9,16-20H2;1H. The molecule has 3 aromatic carbocycles. The van der Waals surface area contributed by atoms with Crippen LogP contribution >= 0.6 is 12.4 Å². The van der Waals surface area contributed by atoms with Gasteiger partial charge in [-0.25, -0.2) is 0 Å². The van der Waals surface area contributed by atoms with Gasteiger partial charge in [-0.15, -0.1) is 12.4 Å². The molecule has 0 saturated carbocycles. The molecule has 1 unspecified atom stereocenters. The van der Waals surface area contributed by atoms with E-state index in [9.17, 15) is 0 Å². The Morgan fingerprint density at radius 2 is 1.32 bits per heavy atom. The van der Waals surface area contributed by atoms with Crippen molar-refractivity contribution >= 4 is 12.4 Å². The molecule has 1 N–H and O–H groups in total. The van der Waals surface area contributed by atoms with Crippen molar-refractivity contribution < 1.29 is 0 Å². The van der Waals surface area contributed by atoms with E-state index in [4.69, 9.17) is 0 Å². The van der Waals surface area contributed by atoms with E-state index in [1.807, 2.05) is 0 Å². The van der Waals surface area contributed by atoms with Crippen molar-refractivity contribution in [3.05, 3.63) is 107 Å². The Hall–Kier alpha value is -2.09. The van der Waals surface area contributed by atoms with E-state index in [-0.39, 0.29) is 12.4 Å². The number of fused-ring (bicyclic) bond motifs is 1. The molecule has 2 heteroatoms. The first-order chi connectivity index (χ1) is 13.4. The van der Waals surface area contributed by atoms with Gasteiger partial charge in [-0.1, -0.05) is 84.9 Å². The second-order valence-corrected chi connectivity index (χ2v) is 7.68. The van der Waals surface area contributed by atoms with E-state index >= 15 is 0 Å². The molecule has 4 rings (SSSR count). The summed E-state index contributed by atoms with van der Waals surface area (Å²) in [5, 5.41) is 3.87. The Balaban J connectivity index is 0.00000225. The highest BCUT2D eigenvalue weighted by molar-refractivity contribution is 5.85. The first kappa shape index (κ1) is 20.6. The predicted octanol–water partition coefficient (Wildman–Crippen LogP) is 6.17. The van der Waals surface area contributed by atoms with Crippen molar-refractivity contribution in [1.29, 1.82) is 0 Å². The summed E-state index contributed by atoms with van der Waals surface area (Å²) in [5.41, 5.74) is 5.91. The highest BCUT2D eigenvalue weighted by Gasteiger charge is 2.18. The summed E-state index contributed by atoms with van der Waals surface area (Å²) in [6.45, 7) is 1.06. The van der Waals surface area contributed by atoms with Gasteiger partial charge in [-0.05, 0) is 60.9 Å². The Labute approximate surface area is 175 Å². The molecular formula is C26H30ClN. The maximum absolute atomic E-state index is 3.87. The summed E-state index contributed by atoms with van der Waals surface area (Å²) >= 11 is 0. The zero-order valence-corrected chi connectivity index (χ0v) is 17.2. The van der Waals surface area contributed by atoms with E-state index in [2.05, 4.69) is 90.2 Å². The number of nitrogens with one attached hydrogen (secondary N) is 1. The van der Waals surface area contributed by atoms with Gasteiger partial charge in [-0.2, -0.15) is 0 Å². The van der Waals surface area contributed by atoms with Crippen molar-refractivity contribution in [1.82, 2.24) is 5.32 Å². The van der Waals surface area contributed by atoms with Crippen molar-refractivity contribution in [3.8, 4) is 0 Å². The molecule has 1 atom stereocenters. The lowest BCUT2D eigenvalue weighted by atomic mass is 9.88. The fourth-order valence-corrected chi connectivity index (χ4v) is 4.41. The lowest BCUT2D eigenvalue weighted by molar-refractivity contribution is 0.463. The second kappa shape index (κ2) is 10.5. The van der Waals surface area contributed by atoms with Crippen molar-refractivity contribution in [2.45, 2.75) is 44.1 Å². The number of halogens is 1. The summed E-state index contributed by atoms with van der Waals surface area (Å²) in [5.74, 6) is 0.456. The average Bonchev–Trinajstić information content (AvgIpc) is 2.94. The third-order valence-electron chi connectivity index (χ3n) is 5.85. The molecule has 3 aromatic rings. The molecule has 1 nitrogen and oxygen atoms in total. The molecule has 0 aliphatic heterocycles. The van der Waals surface area contributed by atoms with Crippen LogP contribution in [0.4, 0.5) is 0 Å². The summed E-state index contributed by atoms with van der Waals surface area (Å²) in [7, 11) is 0. The zero-order chi connectivity index (χ0) is 18.3. The van der Waals surface area contributed by atoms with Crippen molar-refractivity contribution in [2.24, 2.45) is 0 Å². The van der Waals surface area contributed by atoms with E-state index in [1.54, 1.807) is 5.56 Å². The quantitative estimate of drug-likeness (QED) is 0.495. The van der Waals surface area contributed by atoms with Crippen LogP contribution in [0.25, 0.3) is 0 Å². The molecule has 146 valence electrons. The van der Waals surface area contributed by atoms with Gasteiger partial charge in [0.05, 0.1) is 0 Å². The molecule has 1 aliphatic rings. The van der Waals surface area contributed by atoms with E-state index in [0.717, 1.165) is 19.4 Å². The van der Waals surface area contributed by atoms with E-state index < -0.39 is 0 Å². The van der Waals surface area contributed by atoms with Gasteiger partial charge < -0.3 is 5.32 Å². The Morgan fingerprint density at radius 1 is 0.750 bits per heavy atom. The highest BCUT2D eigenvalue weighted by Crippen LogP contribution is 2.28. The molecular weight excluding hydrogens is 362 g/mol. The minimum Gasteiger partial charge on any atom is -0.314 e. The number of benzene rings is 3. The van der Waals surface area contributed by atoms with Gasteiger partial charge in [0.1, 0.15) is 0 Å². The zero-order valence-electron chi connectivity index (χ0n) is 16.4. The van der Waals surface area contributed by atoms with Gasteiger partial charge in [0.2, 0.25) is 0 Å². The summed E-state index contributed by atoms with van der Waals surface area (Å²) in [6.07, 6.45) is 6.08. The molecule has 0 heterocycles. The number of hydrogen-bond acceptors (Lipinski definition) is 1. The summed E-state index contributed by atoms with van der Waals surface area (Å²) < 4.78 is 0. The lowest BCUT2D eigenvalue weighted by Gasteiger charge is -2.21. The average molecular weight is 392 g/mol. The molecule has 0 amide bonds. The molecule has 0 bridgehead atoms. The lowest BCUT2D eigenvalue weighted by Crippen LogP contribution is -2.32. The first-order valence-corrected chi connectivity index (χ1v) is 10.3. The minimum absolute atomic E-state index is 0. The maximum atomic E-state index is 3.87. The fraction of sp³-hybridized carbons (Fsp3) is 0.308. The van der Waals surface area contributed by atoms with Crippen LogP contribution in [0, 0.1) is 0 Å². The third-order valence-corrected chi connectivity index (χ3v) is 5.85. The Bertz CT molecular complexity index is 792. The van der Waals surface area contributed by atoms with Crippen LogP contribution < -0.4 is 5.32 Å². The van der Waals surface area contributed by atoms with Gasteiger partial charge >= 0.3 is 0 Å². The normalized spacial score (nSPS) is 16.1. The van der Waals surface area contributed by atoms with Crippen LogP contribution in [0.3, 0.4) is 0 Å². The van der Waals surface area contributed by atoms with Gasteiger partial charge in [0.25, 0.3) is 0 Å². The van der Waals surface area contributed by atoms with Crippen LogP contribution in [0.2, 0.25) is 0 Å². The van der Waals surface area contributed by atoms with Crippen LogP contribution in [0.15, 0.2) is 84.9 Å². The predicted molar refractivity (Wildman–Crippen MR) is 121 cm³/mol. The van der Waals surface area contributed by atoms with Crippen LogP contribution in [0.1, 0.15) is 47.4 Å². The minimum atomic E-state index is 0. The van der Waals surface area contributed by atoms with Gasteiger partial charge in [0.15, 0.2) is 0 Å². The Morgan fingerprint density at radius 3 is 1.96 bits per heavy atom. The van der Waals surface area contributed by atoms with Crippen LogP contribution in [0.5, 0.6) is 0 Å². The molecule has 0 saturated heterocycles. The van der Waals surface area contributed by atoms with Crippen LogP contribution in [-0.2, 0) is 12.8 Å². The third kappa shape index (κ3) is 5.25. The largest absolute Gasteiger partial charge is 0.314 e. The summed E-state index contributed by atoms with van der Waals surface area (Å²) in [4.78, 5) is 0. The van der Waals surface area contributed by atoms with Crippen LogP contribution in [-0.4, -0.2) is 12.6 Å². The monoisotopic (exact) mass is 391 g/mol. The van der Waals surface area contributed by atoms with Crippen molar-refractivity contribution in [3.63, 3.8) is 0 Å². The summed E-state index contributed by atoms with van der Waals surface area (Å²) in [6, 6.07) is 31.5. The molecule has 0 aromatic heterocycles. The van der Waals surface area contributed by atoms with Crippen molar-refractivity contribution in [2.75, 3.05) is 6.54 Å². The highest BCUT2D eigenvalue weighted by atomic mass is 35.5. The number of rotatable bonds is 6.